The van der Waals surface area contributed by atoms with Crippen molar-refractivity contribution >= 4 is 0 Å². The highest BCUT2D eigenvalue weighted by molar-refractivity contribution is 5.43. The number of aryl methyl sites for hydroxylation is 2. The maximum atomic E-state index is 9.30. The summed E-state index contributed by atoms with van der Waals surface area (Å²) < 4.78 is 5.49. The summed E-state index contributed by atoms with van der Waals surface area (Å²) in [5, 5.41) is 12.7. The Bertz CT molecular complexity index is 402. The zero-order chi connectivity index (χ0) is 14.4. The minimum Gasteiger partial charge on any atom is -0.496 e. The molecule has 0 spiro atoms. The monoisotopic (exact) mass is 265 g/mol. The topological polar surface area (TPSA) is 41.5 Å². The third kappa shape index (κ3) is 4.51. The maximum Gasteiger partial charge on any atom is 0.125 e. The summed E-state index contributed by atoms with van der Waals surface area (Å²) in [6.07, 6.45) is 0.912. The van der Waals surface area contributed by atoms with Gasteiger partial charge in [-0.15, -0.1) is 0 Å². The number of aliphatic hydroxyl groups excluding tert-OH is 1. The Morgan fingerprint density at radius 2 is 1.95 bits per heavy atom. The summed E-state index contributed by atoms with van der Waals surface area (Å²) in [6, 6.07) is 4.48. The molecule has 0 aliphatic carbocycles. The number of nitrogens with one attached hydrogen (secondary N) is 1. The van der Waals surface area contributed by atoms with E-state index in [1.807, 2.05) is 0 Å². The number of methoxy groups -OCH3 is 1. The second-order valence-electron chi connectivity index (χ2n) is 5.51. The Hall–Kier alpha value is -1.06. The molecule has 0 amide bonds. The third-order valence-corrected chi connectivity index (χ3v) is 3.50. The second-order valence-corrected chi connectivity index (χ2v) is 5.51. The fraction of sp³-hybridized carbons (Fsp3) is 0.625. The summed E-state index contributed by atoms with van der Waals surface area (Å²) in [5.41, 5.74) is 3.67. The third-order valence-electron chi connectivity index (χ3n) is 3.50. The first-order valence-corrected chi connectivity index (χ1v) is 6.98. The van der Waals surface area contributed by atoms with Gasteiger partial charge in [0, 0.05) is 6.04 Å². The molecule has 108 valence electrons. The van der Waals surface area contributed by atoms with Crippen LogP contribution < -0.4 is 10.1 Å². The highest BCUT2D eigenvalue weighted by Crippen LogP contribution is 2.25. The van der Waals surface area contributed by atoms with Crippen molar-refractivity contribution in [3.63, 3.8) is 0 Å². The van der Waals surface area contributed by atoms with Gasteiger partial charge >= 0.3 is 0 Å². The van der Waals surface area contributed by atoms with Crippen LogP contribution in [0.4, 0.5) is 0 Å². The van der Waals surface area contributed by atoms with Gasteiger partial charge in [0.2, 0.25) is 0 Å². The molecule has 1 atom stereocenters. The molecule has 1 aromatic rings. The lowest BCUT2D eigenvalue weighted by molar-refractivity contribution is 0.211. The van der Waals surface area contributed by atoms with E-state index in [-0.39, 0.29) is 12.6 Å². The van der Waals surface area contributed by atoms with Crippen LogP contribution in [0.25, 0.3) is 0 Å². The second kappa shape index (κ2) is 7.51. The fourth-order valence-corrected chi connectivity index (χ4v) is 2.42. The van der Waals surface area contributed by atoms with E-state index in [0.717, 1.165) is 18.7 Å². The first-order valence-electron chi connectivity index (χ1n) is 6.98. The molecule has 0 fully saturated rings. The van der Waals surface area contributed by atoms with Crippen LogP contribution in [0.5, 0.6) is 5.75 Å². The lowest BCUT2D eigenvalue weighted by Gasteiger charge is -2.20. The molecule has 0 aliphatic heterocycles. The van der Waals surface area contributed by atoms with Gasteiger partial charge in [-0.3, -0.25) is 0 Å². The zero-order valence-corrected chi connectivity index (χ0v) is 12.8. The Kier molecular flexibility index (Phi) is 6.32. The minimum absolute atomic E-state index is 0.164. The van der Waals surface area contributed by atoms with Crippen LogP contribution >= 0.6 is 0 Å². The predicted molar refractivity (Wildman–Crippen MR) is 79.9 cm³/mol. The van der Waals surface area contributed by atoms with Crippen molar-refractivity contribution < 1.29 is 9.84 Å². The zero-order valence-electron chi connectivity index (χ0n) is 12.8. The van der Waals surface area contributed by atoms with Crippen molar-refractivity contribution in [1.82, 2.24) is 5.32 Å². The number of hydrogen-bond donors (Lipinski definition) is 2. The summed E-state index contributed by atoms with van der Waals surface area (Å²) in [7, 11) is 1.72. The molecule has 2 N–H and O–H groups in total. The van der Waals surface area contributed by atoms with Crippen LogP contribution in [-0.4, -0.2) is 31.4 Å². The van der Waals surface area contributed by atoms with E-state index in [2.05, 4.69) is 45.1 Å². The van der Waals surface area contributed by atoms with E-state index < -0.39 is 0 Å². The van der Waals surface area contributed by atoms with Gasteiger partial charge in [-0.25, -0.2) is 0 Å². The quantitative estimate of drug-likeness (QED) is 0.796. The molecule has 0 heterocycles. The minimum atomic E-state index is 0.164. The number of benzene rings is 1. The average Bonchev–Trinajstić information content (AvgIpc) is 2.33. The van der Waals surface area contributed by atoms with E-state index in [1.165, 1.54) is 16.7 Å². The van der Waals surface area contributed by atoms with Crippen LogP contribution in [0.1, 0.15) is 30.5 Å². The van der Waals surface area contributed by atoms with Crippen molar-refractivity contribution in [2.45, 2.75) is 40.2 Å². The molecule has 19 heavy (non-hydrogen) atoms. The molecular weight excluding hydrogens is 238 g/mol. The summed E-state index contributed by atoms with van der Waals surface area (Å²) >= 11 is 0. The van der Waals surface area contributed by atoms with E-state index in [0.29, 0.717) is 5.92 Å². The Balaban J connectivity index is 2.67. The number of aliphatic hydroxyl groups is 1. The number of ether oxygens (including phenoxy) is 1. The standard InChI is InChI=1S/C16H27NO2/c1-11(2)15(10-18)17-7-6-14-9-12(3)8-13(4)16(14)19-5/h8-9,11,15,17-18H,6-7,10H2,1-5H3. The van der Waals surface area contributed by atoms with Gasteiger partial charge in [0.1, 0.15) is 5.75 Å². The van der Waals surface area contributed by atoms with Gasteiger partial charge in [-0.05, 0) is 43.9 Å². The largest absolute Gasteiger partial charge is 0.496 e. The van der Waals surface area contributed by atoms with Crippen molar-refractivity contribution in [2.75, 3.05) is 20.3 Å². The number of hydrogen-bond acceptors (Lipinski definition) is 3. The molecule has 0 saturated carbocycles. The molecule has 0 saturated heterocycles. The lowest BCUT2D eigenvalue weighted by atomic mass is 10.0. The highest BCUT2D eigenvalue weighted by atomic mass is 16.5. The van der Waals surface area contributed by atoms with E-state index in [1.54, 1.807) is 7.11 Å². The molecule has 1 aromatic carbocycles. The van der Waals surface area contributed by atoms with E-state index in [4.69, 9.17) is 4.74 Å². The fourth-order valence-electron chi connectivity index (χ4n) is 2.42. The first-order chi connectivity index (χ1) is 8.99. The van der Waals surface area contributed by atoms with Crippen LogP contribution in [-0.2, 0) is 6.42 Å². The van der Waals surface area contributed by atoms with Gasteiger partial charge in [0.05, 0.1) is 13.7 Å². The van der Waals surface area contributed by atoms with Gasteiger partial charge in [-0.1, -0.05) is 31.5 Å². The Morgan fingerprint density at radius 3 is 2.47 bits per heavy atom. The van der Waals surface area contributed by atoms with Gasteiger partial charge in [0.15, 0.2) is 0 Å². The Morgan fingerprint density at radius 1 is 1.26 bits per heavy atom. The highest BCUT2D eigenvalue weighted by Gasteiger charge is 2.12. The molecule has 3 heteroatoms. The summed E-state index contributed by atoms with van der Waals surface area (Å²) in [5.74, 6) is 1.42. The van der Waals surface area contributed by atoms with Crippen molar-refractivity contribution in [2.24, 2.45) is 5.92 Å². The smallest absolute Gasteiger partial charge is 0.125 e. The first kappa shape index (κ1) is 16.0. The van der Waals surface area contributed by atoms with Gasteiger partial charge in [0.25, 0.3) is 0 Å². The maximum absolute atomic E-state index is 9.30. The molecule has 0 bridgehead atoms. The molecular formula is C16H27NO2. The van der Waals surface area contributed by atoms with E-state index >= 15 is 0 Å². The molecule has 1 unspecified atom stereocenters. The van der Waals surface area contributed by atoms with Crippen LogP contribution in [0.15, 0.2) is 12.1 Å². The summed E-state index contributed by atoms with van der Waals surface area (Å²) in [4.78, 5) is 0. The summed E-state index contributed by atoms with van der Waals surface area (Å²) in [6.45, 7) is 9.45. The predicted octanol–water partition coefficient (Wildman–Crippen LogP) is 2.46. The molecule has 3 nitrogen and oxygen atoms in total. The van der Waals surface area contributed by atoms with E-state index in [9.17, 15) is 5.11 Å². The Labute approximate surface area is 117 Å². The van der Waals surface area contributed by atoms with Crippen LogP contribution in [0.3, 0.4) is 0 Å². The molecule has 0 aliphatic rings. The molecule has 0 aromatic heterocycles. The van der Waals surface area contributed by atoms with Crippen LogP contribution in [0.2, 0.25) is 0 Å². The SMILES string of the molecule is COc1c(C)cc(C)cc1CCNC(CO)C(C)C. The average molecular weight is 265 g/mol. The van der Waals surface area contributed by atoms with Crippen LogP contribution in [0, 0.1) is 19.8 Å². The van der Waals surface area contributed by atoms with Crippen molar-refractivity contribution in [3.8, 4) is 5.75 Å². The lowest BCUT2D eigenvalue weighted by Crippen LogP contribution is -2.38. The normalized spacial score (nSPS) is 12.8. The van der Waals surface area contributed by atoms with Gasteiger partial charge in [-0.2, -0.15) is 0 Å². The number of rotatable bonds is 7. The van der Waals surface area contributed by atoms with Crippen molar-refractivity contribution in [3.05, 3.63) is 28.8 Å². The van der Waals surface area contributed by atoms with Gasteiger partial charge < -0.3 is 15.2 Å². The molecule has 1 rings (SSSR count). The van der Waals surface area contributed by atoms with Crippen molar-refractivity contribution in [1.29, 1.82) is 0 Å². The molecule has 0 radical (unpaired) electrons.